The molecule has 0 saturated heterocycles. The van der Waals surface area contributed by atoms with Crippen molar-refractivity contribution < 1.29 is 9.59 Å². The van der Waals surface area contributed by atoms with Crippen LogP contribution in [0.25, 0.3) is 6.08 Å². The Kier molecular flexibility index (Phi) is 9.33. The van der Waals surface area contributed by atoms with Crippen LogP contribution in [0.2, 0.25) is 10.0 Å². The third-order valence-corrected chi connectivity index (χ3v) is 6.35. The van der Waals surface area contributed by atoms with E-state index in [4.69, 9.17) is 23.2 Å². The SMILES string of the molecule is C=CCn1c(CNC(=O)C=Cc2ccccc2Cl)nnc1SCC(=O)Nc1ccc(C)c(Cl)c1. The fourth-order valence-corrected chi connectivity index (χ4v) is 4.01. The van der Waals surface area contributed by atoms with Crippen molar-refractivity contribution in [2.24, 2.45) is 0 Å². The fraction of sp³-hybridized carbons (Fsp3) is 0.167. The standard InChI is InChI=1S/C24H23Cl2N5O2S/c1-3-12-31-21(14-27-22(32)11-9-17-6-4-5-7-19(17)25)29-30-24(31)34-15-23(33)28-18-10-8-16(2)20(26)13-18/h3-11,13H,1,12,14-15H2,2H3,(H,27,32)(H,28,33). The summed E-state index contributed by atoms with van der Waals surface area (Å²) in [5.41, 5.74) is 2.31. The second-order valence-electron chi connectivity index (χ2n) is 7.17. The van der Waals surface area contributed by atoms with Crippen molar-refractivity contribution in [3.05, 3.63) is 88.2 Å². The lowest BCUT2D eigenvalue weighted by Gasteiger charge is -2.09. The highest BCUT2D eigenvalue weighted by molar-refractivity contribution is 7.99. The zero-order valence-corrected chi connectivity index (χ0v) is 20.8. The number of aryl methyl sites for hydroxylation is 1. The fourth-order valence-electron chi connectivity index (χ4n) is 2.87. The lowest BCUT2D eigenvalue weighted by Crippen LogP contribution is -2.23. The van der Waals surface area contributed by atoms with Crippen molar-refractivity contribution in [1.29, 1.82) is 0 Å². The average Bonchev–Trinajstić information content (AvgIpc) is 3.20. The summed E-state index contributed by atoms with van der Waals surface area (Å²) in [4.78, 5) is 24.6. The molecular weight excluding hydrogens is 493 g/mol. The van der Waals surface area contributed by atoms with E-state index in [1.54, 1.807) is 34.9 Å². The van der Waals surface area contributed by atoms with Crippen LogP contribution in [0, 0.1) is 6.92 Å². The molecule has 0 unspecified atom stereocenters. The minimum atomic E-state index is -0.293. The zero-order valence-electron chi connectivity index (χ0n) is 18.4. The Morgan fingerprint density at radius 1 is 1.15 bits per heavy atom. The summed E-state index contributed by atoms with van der Waals surface area (Å²) >= 11 is 13.5. The normalized spacial score (nSPS) is 10.9. The zero-order chi connectivity index (χ0) is 24.5. The lowest BCUT2D eigenvalue weighted by atomic mass is 10.2. The second kappa shape index (κ2) is 12.4. The van der Waals surface area contributed by atoms with Gasteiger partial charge >= 0.3 is 0 Å². The molecule has 0 aliphatic rings. The van der Waals surface area contributed by atoms with E-state index >= 15 is 0 Å². The quantitative estimate of drug-likeness (QED) is 0.221. The Labute approximate surface area is 212 Å². The molecule has 0 saturated carbocycles. The molecular formula is C24H23Cl2N5O2S. The summed E-state index contributed by atoms with van der Waals surface area (Å²) in [7, 11) is 0. The van der Waals surface area contributed by atoms with E-state index in [-0.39, 0.29) is 24.1 Å². The minimum absolute atomic E-state index is 0.133. The molecule has 1 heterocycles. The first-order valence-corrected chi connectivity index (χ1v) is 12.0. The highest BCUT2D eigenvalue weighted by Gasteiger charge is 2.14. The topological polar surface area (TPSA) is 88.9 Å². The van der Waals surface area contributed by atoms with Gasteiger partial charge in [-0.05, 0) is 42.3 Å². The van der Waals surface area contributed by atoms with Crippen LogP contribution in [0.3, 0.4) is 0 Å². The van der Waals surface area contributed by atoms with Gasteiger partial charge in [0.05, 0.1) is 12.3 Å². The van der Waals surface area contributed by atoms with E-state index in [0.717, 1.165) is 11.1 Å². The summed E-state index contributed by atoms with van der Waals surface area (Å²) < 4.78 is 1.80. The van der Waals surface area contributed by atoms with Crippen LogP contribution in [0.5, 0.6) is 0 Å². The van der Waals surface area contributed by atoms with Gasteiger partial charge in [-0.25, -0.2) is 0 Å². The Bertz CT molecular complexity index is 1230. The molecule has 0 fully saturated rings. The molecule has 0 bridgehead atoms. The van der Waals surface area contributed by atoms with Crippen molar-refractivity contribution in [1.82, 2.24) is 20.1 Å². The molecule has 3 aromatic rings. The van der Waals surface area contributed by atoms with Crippen molar-refractivity contribution in [3.8, 4) is 0 Å². The van der Waals surface area contributed by atoms with Gasteiger partial charge in [0.2, 0.25) is 11.8 Å². The number of allylic oxidation sites excluding steroid dienone is 1. The van der Waals surface area contributed by atoms with E-state index in [0.29, 0.717) is 33.3 Å². The molecule has 2 amide bonds. The smallest absolute Gasteiger partial charge is 0.244 e. The van der Waals surface area contributed by atoms with Crippen molar-refractivity contribution in [2.45, 2.75) is 25.2 Å². The maximum atomic E-state index is 12.4. The maximum Gasteiger partial charge on any atom is 0.244 e. The molecule has 34 heavy (non-hydrogen) atoms. The number of halogens is 2. The van der Waals surface area contributed by atoms with Crippen LogP contribution in [-0.2, 0) is 22.7 Å². The number of rotatable bonds is 10. The average molecular weight is 516 g/mol. The molecule has 0 aliphatic heterocycles. The van der Waals surface area contributed by atoms with E-state index in [1.807, 2.05) is 31.2 Å². The number of nitrogens with one attached hydrogen (secondary N) is 2. The van der Waals surface area contributed by atoms with Gasteiger partial charge < -0.3 is 15.2 Å². The molecule has 176 valence electrons. The van der Waals surface area contributed by atoms with Gasteiger partial charge in [-0.3, -0.25) is 9.59 Å². The number of benzene rings is 2. The van der Waals surface area contributed by atoms with Crippen molar-refractivity contribution >= 4 is 58.5 Å². The number of nitrogens with zero attached hydrogens (tertiary/aromatic N) is 3. The number of amides is 2. The Morgan fingerprint density at radius 3 is 2.68 bits per heavy atom. The van der Waals surface area contributed by atoms with Crippen LogP contribution in [0.4, 0.5) is 5.69 Å². The third kappa shape index (κ3) is 7.21. The minimum Gasteiger partial charge on any atom is -0.345 e. The number of aromatic nitrogens is 3. The number of anilines is 1. The molecule has 2 aromatic carbocycles. The largest absolute Gasteiger partial charge is 0.345 e. The molecule has 0 aliphatic carbocycles. The molecule has 2 N–H and O–H groups in total. The van der Waals surface area contributed by atoms with Crippen molar-refractivity contribution in [3.63, 3.8) is 0 Å². The monoisotopic (exact) mass is 515 g/mol. The van der Waals surface area contributed by atoms with Crippen LogP contribution in [-0.4, -0.2) is 32.3 Å². The predicted molar refractivity (Wildman–Crippen MR) is 138 cm³/mol. The second-order valence-corrected chi connectivity index (χ2v) is 8.93. The molecule has 10 heteroatoms. The Morgan fingerprint density at radius 2 is 1.94 bits per heavy atom. The van der Waals surface area contributed by atoms with Crippen LogP contribution < -0.4 is 10.6 Å². The first-order chi connectivity index (χ1) is 16.4. The first-order valence-electron chi connectivity index (χ1n) is 10.3. The Hall–Kier alpha value is -3.07. The van der Waals surface area contributed by atoms with Crippen LogP contribution in [0.15, 0.2) is 66.4 Å². The van der Waals surface area contributed by atoms with Gasteiger partial charge in [0.15, 0.2) is 11.0 Å². The van der Waals surface area contributed by atoms with Crippen molar-refractivity contribution in [2.75, 3.05) is 11.1 Å². The lowest BCUT2D eigenvalue weighted by molar-refractivity contribution is -0.116. The van der Waals surface area contributed by atoms with Gasteiger partial charge in [0, 0.05) is 28.4 Å². The first kappa shape index (κ1) is 25.6. The summed E-state index contributed by atoms with van der Waals surface area (Å²) in [6, 6.07) is 12.6. The molecule has 3 rings (SSSR count). The number of thioether (sulfide) groups is 1. The number of hydrogen-bond acceptors (Lipinski definition) is 5. The summed E-state index contributed by atoms with van der Waals surface area (Å²) in [5.74, 6) is 0.192. The van der Waals surface area contributed by atoms with Gasteiger partial charge in [-0.15, -0.1) is 16.8 Å². The van der Waals surface area contributed by atoms with Gasteiger partial charge in [-0.2, -0.15) is 0 Å². The van der Waals surface area contributed by atoms with E-state index in [9.17, 15) is 9.59 Å². The number of hydrogen-bond donors (Lipinski definition) is 2. The molecule has 0 radical (unpaired) electrons. The maximum absolute atomic E-state index is 12.4. The molecule has 7 nitrogen and oxygen atoms in total. The van der Waals surface area contributed by atoms with E-state index < -0.39 is 0 Å². The van der Waals surface area contributed by atoms with Crippen LogP contribution >= 0.6 is 35.0 Å². The molecule has 1 aromatic heterocycles. The Balaban J connectivity index is 1.57. The molecule has 0 spiro atoms. The van der Waals surface area contributed by atoms with E-state index in [2.05, 4.69) is 27.4 Å². The van der Waals surface area contributed by atoms with Gasteiger partial charge in [0.25, 0.3) is 0 Å². The van der Waals surface area contributed by atoms with Gasteiger partial charge in [-0.1, -0.05) is 65.3 Å². The highest BCUT2D eigenvalue weighted by atomic mass is 35.5. The summed E-state index contributed by atoms with van der Waals surface area (Å²) in [6.07, 6.45) is 4.75. The number of carbonyl (C=O) groups excluding carboxylic acids is 2. The summed E-state index contributed by atoms with van der Waals surface area (Å²) in [6.45, 7) is 6.26. The summed E-state index contributed by atoms with van der Waals surface area (Å²) in [5, 5.41) is 15.6. The van der Waals surface area contributed by atoms with Gasteiger partial charge in [0.1, 0.15) is 0 Å². The predicted octanol–water partition coefficient (Wildman–Crippen LogP) is 5.14. The highest BCUT2D eigenvalue weighted by Crippen LogP contribution is 2.22. The molecule has 0 atom stereocenters. The van der Waals surface area contributed by atoms with Crippen LogP contribution in [0.1, 0.15) is 17.0 Å². The third-order valence-electron chi connectivity index (χ3n) is 4.63. The number of carbonyl (C=O) groups is 2. The van der Waals surface area contributed by atoms with E-state index in [1.165, 1.54) is 17.8 Å².